The van der Waals surface area contributed by atoms with Crippen LogP contribution in [0.2, 0.25) is 0 Å². The molecule has 0 unspecified atom stereocenters. The molecule has 18 heavy (non-hydrogen) atoms. The molecule has 0 amide bonds. The molecule has 1 heterocycles. The summed E-state index contributed by atoms with van der Waals surface area (Å²) in [5, 5.41) is 0.546. The fourth-order valence-electron chi connectivity index (χ4n) is 1.96. The predicted octanol–water partition coefficient (Wildman–Crippen LogP) is 2.20. The van der Waals surface area contributed by atoms with Crippen molar-refractivity contribution >= 4 is 16.9 Å². The second-order valence-electron chi connectivity index (χ2n) is 3.90. The molecule has 0 saturated heterocycles. The summed E-state index contributed by atoms with van der Waals surface area (Å²) in [6, 6.07) is 7.26. The van der Waals surface area contributed by atoms with Gasteiger partial charge in [0.2, 0.25) is 5.43 Å². The maximum Gasteiger partial charge on any atom is 0.343 e. The molecule has 0 bridgehead atoms. The highest BCUT2D eigenvalue weighted by atomic mass is 16.5. The van der Waals surface area contributed by atoms with E-state index < -0.39 is 5.97 Å². The van der Waals surface area contributed by atoms with Gasteiger partial charge in [-0.3, -0.25) is 4.79 Å². The Morgan fingerprint density at radius 1 is 1.28 bits per heavy atom. The summed E-state index contributed by atoms with van der Waals surface area (Å²) >= 11 is 0. The number of rotatable bonds is 3. The van der Waals surface area contributed by atoms with Gasteiger partial charge in [0.1, 0.15) is 5.56 Å². The largest absolute Gasteiger partial charge is 0.462 e. The van der Waals surface area contributed by atoms with E-state index in [1.165, 1.54) is 0 Å². The van der Waals surface area contributed by atoms with Gasteiger partial charge in [-0.2, -0.15) is 0 Å². The average Bonchev–Trinajstić information content (AvgIpc) is 2.40. The van der Waals surface area contributed by atoms with Crippen molar-refractivity contribution in [1.82, 2.24) is 4.57 Å². The summed E-state index contributed by atoms with van der Waals surface area (Å²) in [5.74, 6) is -0.560. The van der Waals surface area contributed by atoms with E-state index in [1.54, 1.807) is 25.3 Å². The number of aromatic nitrogens is 1. The third kappa shape index (κ3) is 2.01. The zero-order valence-electron chi connectivity index (χ0n) is 10.5. The Bertz CT molecular complexity index is 643. The highest BCUT2D eigenvalue weighted by molar-refractivity contribution is 5.93. The van der Waals surface area contributed by atoms with Gasteiger partial charge in [-0.15, -0.1) is 0 Å². The highest BCUT2D eigenvalue weighted by Gasteiger charge is 2.15. The van der Waals surface area contributed by atoms with E-state index in [0.717, 1.165) is 5.52 Å². The fraction of sp³-hybridized carbons (Fsp3) is 0.286. The average molecular weight is 245 g/mol. The van der Waals surface area contributed by atoms with Crippen LogP contribution >= 0.6 is 0 Å². The summed E-state index contributed by atoms with van der Waals surface area (Å²) in [6.45, 7) is 4.63. The van der Waals surface area contributed by atoms with Crippen LogP contribution < -0.4 is 5.43 Å². The summed E-state index contributed by atoms with van der Waals surface area (Å²) in [5.41, 5.74) is 0.657. The molecule has 0 aliphatic heterocycles. The maximum atomic E-state index is 12.2. The SMILES string of the molecule is CCOC(=O)c1cn(CC)c2ccccc2c1=O. The number of hydrogen-bond acceptors (Lipinski definition) is 3. The van der Waals surface area contributed by atoms with Crippen LogP contribution in [0, 0.1) is 0 Å². The molecule has 0 N–H and O–H groups in total. The number of aryl methyl sites for hydroxylation is 1. The number of esters is 1. The predicted molar refractivity (Wildman–Crippen MR) is 69.8 cm³/mol. The standard InChI is InChI=1S/C14H15NO3/c1-3-15-9-11(14(17)18-4-2)13(16)10-7-5-6-8-12(10)15/h5-9H,3-4H2,1-2H3. The smallest absolute Gasteiger partial charge is 0.343 e. The normalized spacial score (nSPS) is 10.6. The second-order valence-corrected chi connectivity index (χ2v) is 3.90. The molecule has 1 aromatic heterocycles. The van der Waals surface area contributed by atoms with Crippen molar-refractivity contribution in [2.75, 3.05) is 6.61 Å². The van der Waals surface area contributed by atoms with E-state index in [1.807, 2.05) is 23.6 Å². The van der Waals surface area contributed by atoms with Crippen LogP contribution in [0.5, 0.6) is 0 Å². The number of nitrogens with zero attached hydrogens (tertiary/aromatic N) is 1. The van der Waals surface area contributed by atoms with Crippen LogP contribution in [0.3, 0.4) is 0 Å². The Kier molecular flexibility index (Phi) is 3.46. The third-order valence-electron chi connectivity index (χ3n) is 2.82. The molecule has 0 saturated carbocycles. The highest BCUT2D eigenvalue weighted by Crippen LogP contribution is 2.12. The van der Waals surface area contributed by atoms with Crippen molar-refractivity contribution in [2.45, 2.75) is 20.4 Å². The van der Waals surface area contributed by atoms with E-state index in [2.05, 4.69) is 0 Å². The van der Waals surface area contributed by atoms with Crippen LogP contribution in [-0.4, -0.2) is 17.1 Å². The zero-order chi connectivity index (χ0) is 13.1. The number of fused-ring (bicyclic) bond motifs is 1. The van der Waals surface area contributed by atoms with E-state index in [0.29, 0.717) is 11.9 Å². The van der Waals surface area contributed by atoms with Crippen molar-refractivity contribution in [3.8, 4) is 0 Å². The Labute approximate surface area is 105 Å². The monoisotopic (exact) mass is 245 g/mol. The molecule has 0 aliphatic rings. The minimum absolute atomic E-state index is 0.0948. The molecule has 2 aromatic rings. The number of ether oxygens (including phenoxy) is 1. The van der Waals surface area contributed by atoms with Crippen molar-refractivity contribution in [3.63, 3.8) is 0 Å². The molecule has 0 fully saturated rings. The van der Waals surface area contributed by atoms with Crippen LogP contribution in [0.4, 0.5) is 0 Å². The quantitative estimate of drug-likeness (QED) is 0.779. The van der Waals surface area contributed by atoms with Gasteiger partial charge in [0.15, 0.2) is 0 Å². The topological polar surface area (TPSA) is 48.3 Å². The molecule has 0 spiro atoms. The molecule has 4 heteroatoms. The number of pyridine rings is 1. The molecule has 0 atom stereocenters. The molecular weight excluding hydrogens is 230 g/mol. The zero-order valence-corrected chi connectivity index (χ0v) is 10.5. The Morgan fingerprint density at radius 3 is 2.67 bits per heavy atom. The van der Waals surface area contributed by atoms with E-state index >= 15 is 0 Å². The Morgan fingerprint density at radius 2 is 2.00 bits per heavy atom. The lowest BCUT2D eigenvalue weighted by atomic mass is 10.1. The second kappa shape index (κ2) is 5.04. The fourth-order valence-corrected chi connectivity index (χ4v) is 1.96. The van der Waals surface area contributed by atoms with Crippen LogP contribution in [0.25, 0.3) is 10.9 Å². The lowest BCUT2D eigenvalue weighted by Crippen LogP contribution is -2.20. The van der Waals surface area contributed by atoms with Gasteiger partial charge in [0.05, 0.1) is 12.1 Å². The molecule has 4 nitrogen and oxygen atoms in total. The first-order valence-electron chi connectivity index (χ1n) is 5.98. The molecule has 1 aromatic carbocycles. The van der Waals surface area contributed by atoms with Crippen LogP contribution in [-0.2, 0) is 11.3 Å². The van der Waals surface area contributed by atoms with E-state index in [-0.39, 0.29) is 17.6 Å². The van der Waals surface area contributed by atoms with Gasteiger partial charge in [-0.05, 0) is 26.0 Å². The number of benzene rings is 1. The lowest BCUT2D eigenvalue weighted by Gasteiger charge is -2.10. The minimum atomic E-state index is -0.560. The first-order valence-corrected chi connectivity index (χ1v) is 5.98. The van der Waals surface area contributed by atoms with Gasteiger partial charge in [-0.1, -0.05) is 12.1 Å². The van der Waals surface area contributed by atoms with Crippen molar-refractivity contribution in [2.24, 2.45) is 0 Å². The molecular formula is C14H15NO3. The first-order chi connectivity index (χ1) is 8.69. The lowest BCUT2D eigenvalue weighted by molar-refractivity contribution is 0.0524. The minimum Gasteiger partial charge on any atom is -0.462 e. The van der Waals surface area contributed by atoms with Crippen LogP contribution in [0.1, 0.15) is 24.2 Å². The Hall–Kier alpha value is -2.10. The molecule has 94 valence electrons. The number of carbonyl (C=O) groups is 1. The summed E-state index contributed by atoms with van der Waals surface area (Å²) in [6.07, 6.45) is 1.57. The number of carbonyl (C=O) groups excluding carboxylic acids is 1. The van der Waals surface area contributed by atoms with Crippen molar-refractivity contribution in [3.05, 3.63) is 46.2 Å². The number of hydrogen-bond donors (Lipinski definition) is 0. The first kappa shape index (κ1) is 12.4. The van der Waals surface area contributed by atoms with Crippen molar-refractivity contribution < 1.29 is 9.53 Å². The van der Waals surface area contributed by atoms with E-state index in [4.69, 9.17) is 4.74 Å². The summed E-state index contributed by atoms with van der Waals surface area (Å²) < 4.78 is 6.78. The molecule has 0 aliphatic carbocycles. The van der Waals surface area contributed by atoms with Crippen molar-refractivity contribution in [1.29, 1.82) is 0 Å². The van der Waals surface area contributed by atoms with Gasteiger partial charge in [0.25, 0.3) is 0 Å². The summed E-state index contributed by atoms with van der Waals surface area (Å²) in [7, 11) is 0. The van der Waals surface area contributed by atoms with Crippen LogP contribution in [0.15, 0.2) is 35.3 Å². The third-order valence-corrected chi connectivity index (χ3v) is 2.82. The van der Waals surface area contributed by atoms with Gasteiger partial charge in [-0.25, -0.2) is 4.79 Å². The summed E-state index contributed by atoms with van der Waals surface area (Å²) in [4.78, 5) is 23.9. The number of para-hydroxylation sites is 1. The van der Waals surface area contributed by atoms with Gasteiger partial charge < -0.3 is 9.30 Å². The molecule has 0 radical (unpaired) electrons. The van der Waals surface area contributed by atoms with Gasteiger partial charge in [0, 0.05) is 18.1 Å². The van der Waals surface area contributed by atoms with E-state index in [9.17, 15) is 9.59 Å². The maximum absolute atomic E-state index is 12.2. The van der Waals surface area contributed by atoms with Gasteiger partial charge >= 0.3 is 5.97 Å². The Balaban J connectivity index is 2.73. The molecule has 2 rings (SSSR count).